The molecule has 0 radical (unpaired) electrons. The van der Waals surface area contributed by atoms with Gasteiger partial charge in [0.05, 0.1) is 0 Å². The van der Waals surface area contributed by atoms with E-state index >= 15 is 0 Å². The monoisotopic (exact) mass is 691 g/mol. The first-order valence-corrected chi connectivity index (χ1v) is 18.7. The van der Waals surface area contributed by atoms with Crippen LogP contribution in [0.5, 0.6) is 0 Å². The van der Waals surface area contributed by atoms with Crippen LogP contribution < -0.4 is 0 Å². The second kappa shape index (κ2) is 11.9. The number of hydrogen-bond acceptors (Lipinski definition) is 4. The van der Waals surface area contributed by atoms with E-state index in [1.807, 2.05) is 11.3 Å². The maximum absolute atomic E-state index is 5.24. The Morgan fingerprint density at radius 1 is 0.302 bits per heavy atom. The maximum atomic E-state index is 5.24. The first kappa shape index (κ1) is 29.9. The van der Waals surface area contributed by atoms with Gasteiger partial charge in [-0.15, -0.1) is 11.3 Å². The van der Waals surface area contributed by atoms with Gasteiger partial charge in [0.15, 0.2) is 17.5 Å². The molecule has 11 rings (SSSR count). The van der Waals surface area contributed by atoms with Crippen LogP contribution in [-0.2, 0) is 0 Å². The van der Waals surface area contributed by atoms with Crippen LogP contribution in [0.2, 0.25) is 0 Å². The standard InChI is InChI=1S/C49H29N3S/c1-4-14-37-30(10-1)20-23-32-12-9-18-41(46(32)37)49-51-47(50-48(52-49)35-26-27-45-43(29-35)40-17-7-8-19-44(40)53-45)33-24-21-31(22-25-33)42-28-34-11-2-3-13-36(34)38-15-5-6-16-39(38)42/h1-29H. The zero-order valence-electron chi connectivity index (χ0n) is 28.5. The average Bonchev–Trinajstić information content (AvgIpc) is 3.61. The summed E-state index contributed by atoms with van der Waals surface area (Å²) >= 11 is 1.82. The lowest BCUT2D eigenvalue weighted by Crippen LogP contribution is -2.00. The van der Waals surface area contributed by atoms with Crippen LogP contribution in [0.4, 0.5) is 0 Å². The predicted octanol–water partition coefficient (Wildman–Crippen LogP) is 13.5. The second-order valence-corrected chi connectivity index (χ2v) is 14.7. The van der Waals surface area contributed by atoms with Crippen molar-refractivity contribution >= 4 is 74.6 Å². The van der Waals surface area contributed by atoms with Gasteiger partial charge in [-0.1, -0.05) is 146 Å². The van der Waals surface area contributed by atoms with E-state index in [4.69, 9.17) is 15.0 Å². The van der Waals surface area contributed by atoms with E-state index in [0.717, 1.165) is 33.0 Å². The van der Waals surface area contributed by atoms with Gasteiger partial charge >= 0.3 is 0 Å². The van der Waals surface area contributed by atoms with Crippen molar-refractivity contribution in [1.29, 1.82) is 0 Å². The molecule has 0 atom stereocenters. The highest BCUT2D eigenvalue weighted by Crippen LogP contribution is 2.39. The van der Waals surface area contributed by atoms with Crippen LogP contribution in [0, 0.1) is 0 Å². The van der Waals surface area contributed by atoms with E-state index in [1.54, 1.807) is 0 Å². The Hall–Kier alpha value is -6.75. The van der Waals surface area contributed by atoms with Gasteiger partial charge < -0.3 is 0 Å². The van der Waals surface area contributed by atoms with Gasteiger partial charge in [-0.05, 0) is 79.2 Å². The number of hydrogen-bond donors (Lipinski definition) is 0. The number of thiophene rings is 1. The minimum atomic E-state index is 0.646. The van der Waals surface area contributed by atoms with Crippen LogP contribution in [-0.4, -0.2) is 15.0 Å². The van der Waals surface area contributed by atoms with Crippen LogP contribution in [0.25, 0.3) is 109 Å². The van der Waals surface area contributed by atoms with Crippen LogP contribution in [0.1, 0.15) is 0 Å². The minimum absolute atomic E-state index is 0.646. The first-order chi connectivity index (χ1) is 26.2. The summed E-state index contributed by atoms with van der Waals surface area (Å²) in [6.07, 6.45) is 0. The summed E-state index contributed by atoms with van der Waals surface area (Å²) in [4.78, 5) is 15.7. The van der Waals surface area contributed by atoms with E-state index in [2.05, 4.69) is 176 Å². The molecule has 2 heterocycles. The molecule has 3 nitrogen and oxygen atoms in total. The molecule has 53 heavy (non-hydrogen) atoms. The minimum Gasteiger partial charge on any atom is -0.208 e. The van der Waals surface area contributed by atoms with E-state index in [0.29, 0.717) is 17.5 Å². The fourth-order valence-corrected chi connectivity index (χ4v) is 9.04. The molecule has 246 valence electrons. The van der Waals surface area contributed by atoms with Gasteiger partial charge in [0.2, 0.25) is 0 Å². The summed E-state index contributed by atoms with van der Waals surface area (Å²) < 4.78 is 2.53. The fraction of sp³-hybridized carbons (Fsp3) is 0. The SMILES string of the molecule is c1ccc2c(c1)cc(-c1ccc(-c3nc(-c4ccc5sc6ccccc6c5c4)nc(-c4cccc5ccc6ccccc6c45)n3)cc1)c1ccccc12. The van der Waals surface area contributed by atoms with Gasteiger partial charge in [-0.3, -0.25) is 0 Å². The van der Waals surface area contributed by atoms with E-state index in [9.17, 15) is 0 Å². The lowest BCUT2D eigenvalue weighted by molar-refractivity contribution is 1.08. The maximum Gasteiger partial charge on any atom is 0.164 e. The molecule has 0 bridgehead atoms. The molecule has 4 heteroatoms. The molecule has 0 unspecified atom stereocenters. The Morgan fingerprint density at radius 2 is 0.887 bits per heavy atom. The summed E-state index contributed by atoms with van der Waals surface area (Å²) in [6, 6.07) is 62.8. The van der Waals surface area contributed by atoms with Crippen molar-refractivity contribution in [2.75, 3.05) is 0 Å². The number of fused-ring (bicyclic) bond motifs is 9. The number of rotatable bonds is 4. The summed E-state index contributed by atoms with van der Waals surface area (Å²) in [7, 11) is 0. The molecule has 0 saturated heterocycles. The molecule has 2 aromatic heterocycles. The quantitative estimate of drug-likeness (QED) is 0.172. The van der Waals surface area contributed by atoms with Crippen molar-refractivity contribution in [3.05, 3.63) is 176 Å². The predicted molar refractivity (Wildman–Crippen MR) is 224 cm³/mol. The zero-order chi connectivity index (χ0) is 34.9. The summed E-state index contributed by atoms with van der Waals surface area (Å²) in [5, 5.41) is 12.1. The van der Waals surface area contributed by atoms with Crippen LogP contribution in [0.15, 0.2) is 176 Å². The summed E-state index contributed by atoms with van der Waals surface area (Å²) in [5.74, 6) is 1.96. The van der Waals surface area contributed by atoms with Crippen molar-refractivity contribution in [3.8, 4) is 45.3 Å². The Bertz CT molecular complexity index is 3230. The third kappa shape index (κ3) is 4.91. The fourth-order valence-electron chi connectivity index (χ4n) is 7.96. The normalized spacial score (nSPS) is 11.8. The molecule has 0 N–H and O–H groups in total. The van der Waals surface area contributed by atoms with Gasteiger partial charge in [0.1, 0.15) is 0 Å². The van der Waals surface area contributed by atoms with Crippen molar-refractivity contribution in [3.63, 3.8) is 0 Å². The zero-order valence-corrected chi connectivity index (χ0v) is 29.3. The third-order valence-corrected chi connectivity index (χ3v) is 11.7. The number of nitrogens with zero attached hydrogens (tertiary/aromatic N) is 3. The van der Waals surface area contributed by atoms with E-state index in [1.165, 1.54) is 58.1 Å². The molecular weight excluding hydrogens is 663 g/mol. The Labute approximate surface area is 309 Å². The molecular formula is C49H29N3S. The molecule has 0 saturated carbocycles. The summed E-state index contributed by atoms with van der Waals surface area (Å²) in [6.45, 7) is 0. The molecule has 11 aromatic rings. The summed E-state index contributed by atoms with van der Waals surface area (Å²) in [5.41, 5.74) is 5.26. The van der Waals surface area contributed by atoms with E-state index in [-0.39, 0.29) is 0 Å². The number of aromatic nitrogens is 3. The lowest BCUT2D eigenvalue weighted by Gasteiger charge is -2.13. The topological polar surface area (TPSA) is 38.7 Å². The van der Waals surface area contributed by atoms with E-state index < -0.39 is 0 Å². The molecule has 0 aliphatic carbocycles. The van der Waals surface area contributed by atoms with Crippen LogP contribution >= 0.6 is 11.3 Å². The first-order valence-electron chi connectivity index (χ1n) is 17.9. The van der Waals surface area contributed by atoms with Crippen molar-refractivity contribution in [2.24, 2.45) is 0 Å². The van der Waals surface area contributed by atoms with Gasteiger partial charge in [-0.25, -0.2) is 15.0 Å². The van der Waals surface area contributed by atoms with Crippen molar-refractivity contribution < 1.29 is 0 Å². The lowest BCUT2D eigenvalue weighted by atomic mass is 9.93. The highest BCUT2D eigenvalue weighted by atomic mass is 32.1. The molecule has 0 aliphatic heterocycles. The molecule has 9 aromatic carbocycles. The van der Waals surface area contributed by atoms with Gasteiger partial charge in [-0.2, -0.15) is 0 Å². The van der Waals surface area contributed by atoms with Crippen molar-refractivity contribution in [2.45, 2.75) is 0 Å². The largest absolute Gasteiger partial charge is 0.208 e. The Balaban J connectivity index is 1.11. The van der Waals surface area contributed by atoms with Crippen molar-refractivity contribution in [1.82, 2.24) is 15.0 Å². The molecule has 0 spiro atoms. The molecule has 0 fully saturated rings. The highest BCUT2D eigenvalue weighted by Gasteiger charge is 2.17. The third-order valence-electron chi connectivity index (χ3n) is 10.5. The smallest absolute Gasteiger partial charge is 0.164 e. The van der Waals surface area contributed by atoms with Crippen LogP contribution in [0.3, 0.4) is 0 Å². The van der Waals surface area contributed by atoms with Gasteiger partial charge in [0, 0.05) is 42.2 Å². The second-order valence-electron chi connectivity index (χ2n) is 13.6. The number of benzene rings is 9. The molecule has 0 aliphatic rings. The van der Waals surface area contributed by atoms with Gasteiger partial charge in [0.25, 0.3) is 0 Å². The average molecular weight is 692 g/mol. The Morgan fingerprint density at radius 3 is 1.74 bits per heavy atom. The Kier molecular flexibility index (Phi) is 6.73. The highest BCUT2D eigenvalue weighted by molar-refractivity contribution is 7.25. The molecule has 0 amide bonds.